The zero-order chi connectivity index (χ0) is 19.4. The number of aliphatic hydroxyl groups excluding tert-OH is 1. The van der Waals surface area contributed by atoms with Crippen molar-refractivity contribution in [2.24, 2.45) is 46.3 Å². The average molecular weight is 373 g/mol. The van der Waals surface area contributed by atoms with Crippen LogP contribution >= 0.6 is 0 Å². The number of hydrogen-bond acceptors (Lipinski definition) is 1. The maximum absolute atomic E-state index is 10.2. The molecule has 8 atom stereocenters. The average Bonchev–Trinajstić information content (AvgIpc) is 2.97. The number of rotatable bonds is 4. The summed E-state index contributed by atoms with van der Waals surface area (Å²) in [5.41, 5.74) is 2.60. The minimum atomic E-state index is -0.0765. The molecule has 0 aromatic carbocycles. The van der Waals surface area contributed by atoms with Gasteiger partial charge in [0.15, 0.2) is 0 Å². The van der Waals surface area contributed by atoms with Gasteiger partial charge in [-0.3, -0.25) is 0 Å². The van der Waals surface area contributed by atoms with E-state index in [1.807, 2.05) is 0 Å². The van der Waals surface area contributed by atoms with Crippen LogP contribution in [0.1, 0.15) is 98.8 Å². The highest BCUT2D eigenvalue weighted by molar-refractivity contribution is 5.25. The van der Waals surface area contributed by atoms with Crippen molar-refractivity contribution in [2.75, 3.05) is 0 Å². The highest BCUT2D eigenvalue weighted by atomic mass is 16.3. The molecule has 0 aromatic rings. The highest BCUT2D eigenvalue weighted by Gasteiger charge is 2.59. The van der Waals surface area contributed by atoms with Crippen molar-refractivity contribution in [3.63, 3.8) is 0 Å². The van der Waals surface area contributed by atoms with Gasteiger partial charge in [-0.2, -0.15) is 0 Å². The Balaban J connectivity index is 1.53. The SMILES string of the molecule is CC(C)CC[C@@H](C)[C@H]1CC[C@H]2[C@@H]3CC=C4C[C@@H](O)CC[C@]4(C)[C@H]3CC[C@]12C. The van der Waals surface area contributed by atoms with E-state index >= 15 is 0 Å². The van der Waals surface area contributed by atoms with Gasteiger partial charge in [0.2, 0.25) is 0 Å². The Bertz CT molecular complexity index is 577. The quantitative estimate of drug-likeness (QED) is 0.527. The van der Waals surface area contributed by atoms with Crippen molar-refractivity contribution in [3.05, 3.63) is 11.6 Å². The fourth-order valence-corrected chi connectivity index (χ4v) is 8.41. The molecule has 0 aromatic heterocycles. The molecule has 4 aliphatic carbocycles. The molecule has 154 valence electrons. The Morgan fingerprint density at radius 3 is 2.52 bits per heavy atom. The van der Waals surface area contributed by atoms with Crippen LogP contribution in [-0.4, -0.2) is 11.2 Å². The second-order valence-corrected chi connectivity index (χ2v) is 11.8. The topological polar surface area (TPSA) is 20.2 Å². The number of aliphatic hydroxyl groups is 1. The fraction of sp³-hybridized carbons (Fsp3) is 0.923. The largest absolute Gasteiger partial charge is 0.393 e. The molecule has 0 saturated heterocycles. The van der Waals surface area contributed by atoms with E-state index in [1.165, 1.54) is 51.4 Å². The van der Waals surface area contributed by atoms with Gasteiger partial charge in [-0.1, -0.05) is 59.1 Å². The Kier molecular flexibility index (Phi) is 5.32. The van der Waals surface area contributed by atoms with E-state index in [0.29, 0.717) is 10.8 Å². The molecule has 0 heterocycles. The molecule has 0 aliphatic heterocycles. The normalized spacial score (nSPS) is 47.8. The number of fused-ring (bicyclic) bond motifs is 5. The predicted octanol–water partition coefficient (Wildman–Crippen LogP) is 7.00. The second kappa shape index (κ2) is 7.19. The van der Waals surface area contributed by atoms with Crippen LogP contribution in [-0.2, 0) is 0 Å². The molecule has 27 heavy (non-hydrogen) atoms. The van der Waals surface area contributed by atoms with Gasteiger partial charge < -0.3 is 5.11 Å². The molecule has 3 fully saturated rings. The molecule has 1 N–H and O–H groups in total. The summed E-state index contributed by atoms with van der Waals surface area (Å²) in [6.45, 7) is 12.6. The van der Waals surface area contributed by atoms with Crippen LogP contribution in [0, 0.1) is 46.3 Å². The van der Waals surface area contributed by atoms with Crippen molar-refractivity contribution in [3.8, 4) is 0 Å². The first-order valence-electron chi connectivity index (χ1n) is 12.1. The van der Waals surface area contributed by atoms with Crippen LogP contribution in [0.3, 0.4) is 0 Å². The molecule has 3 saturated carbocycles. The summed E-state index contributed by atoms with van der Waals surface area (Å²) in [6.07, 6.45) is 15.7. The Morgan fingerprint density at radius 2 is 1.78 bits per heavy atom. The third kappa shape index (κ3) is 3.24. The summed E-state index contributed by atoms with van der Waals surface area (Å²) in [5.74, 6) is 5.44. The Morgan fingerprint density at radius 1 is 1.00 bits per heavy atom. The van der Waals surface area contributed by atoms with E-state index in [0.717, 1.165) is 48.3 Å². The van der Waals surface area contributed by atoms with Crippen LogP contribution in [0.4, 0.5) is 0 Å². The van der Waals surface area contributed by atoms with E-state index in [2.05, 4.69) is 40.7 Å². The molecular formula is C26H44O. The predicted molar refractivity (Wildman–Crippen MR) is 114 cm³/mol. The van der Waals surface area contributed by atoms with Gasteiger partial charge in [0.1, 0.15) is 0 Å². The fourth-order valence-electron chi connectivity index (χ4n) is 8.41. The molecule has 1 nitrogen and oxygen atoms in total. The zero-order valence-corrected chi connectivity index (χ0v) is 18.6. The number of hydrogen-bond donors (Lipinski definition) is 1. The van der Waals surface area contributed by atoms with Gasteiger partial charge in [0.05, 0.1) is 6.10 Å². The smallest absolute Gasteiger partial charge is 0.0577 e. The van der Waals surface area contributed by atoms with E-state index < -0.39 is 0 Å². The molecule has 0 spiro atoms. The molecular weight excluding hydrogens is 328 g/mol. The summed E-state index contributed by atoms with van der Waals surface area (Å²) >= 11 is 0. The van der Waals surface area contributed by atoms with Gasteiger partial charge in [0.25, 0.3) is 0 Å². The molecule has 4 rings (SSSR count). The van der Waals surface area contributed by atoms with Crippen molar-refractivity contribution < 1.29 is 5.11 Å². The van der Waals surface area contributed by atoms with E-state index in [4.69, 9.17) is 0 Å². The minimum Gasteiger partial charge on any atom is -0.393 e. The molecule has 0 amide bonds. The van der Waals surface area contributed by atoms with Gasteiger partial charge in [-0.25, -0.2) is 0 Å². The second-order valence-electron chi connectivity index (χ2n) is 11.8. The van der Waals surface area contributed by atoms with Crippen LogP contribution in [0.15, 0.2) is 11.6 Å². The maximum atomic E-state index is 10.2. The monoisotopic (exact) mass is 372 g/mol. The van der Waals surface area contributed by atoms with E-state index in [1.54, 1.807) is 5.57 Å². The van der Waals surface area contributed by atoms with E-state index in [9.17, 15) is 5.11 Å². The van der Waals surface area contributed by atoms with Gasteiger partial charge in [0, 0.05) is 0 Å². The van der Waals surface area contributed by atoms with Gasteiger partial charge in [-0.05, 0) is 97.7 Å². The first kappa shape index (κ1) is 20.0. The standard InChI is InChI=1S/C26H44O/c1-17(2)6-7-18(3)22-10-11-23-21-9-8-19-16-20(27)12-14-25(19,4)24(21)13-15-26(22,23)5/h8,17-18,20-24,27H,6-7,9-16H2,1-5H3/t18-,20+,21+,22-,23+,24+,25+,26-/m1/s1. The van der Waals surface area contributed by atoms with Gasteiger partial charge >= 0.3 is 0 Å². The first-order valence-corrected chi connectivity index (χ1v) is 12.1. The Hall–Kier alpha value is -0.300. The summed E-state index contributed by atoms with van der Waals surface area (Å²) in [7, 11) is 0. The lowest BCUT2D eigenvalue weighted by Crippen LogP contribution is -2.50. The van der Waals surface area contributed by atoms with Crippen LogP contribution < -0.4 is 0 Å². The number of allylic oxidation sites excluding steroid dienone is 1. The lowest BCUT2D eigenvalue weighted by atomic mass is 9.47. The molecule has 4 aliphatic rings. The van der Waals surface area contributed by atoms with Crippen molar-refractivity contribution >= 4 is 0 Å². The molecule has 0 radical (unpaired) electrons. The first-order chi connectivity index (χ1) is 12.8. The van der Waals surface area contributed by atoms with Crippen molar-refractivity contribution in [1.29, 1.82) is 0 Å². The van der Waals surface area contributed by atoms with E-state index in [-0.39, 0.29) is 6.10 Å². The van der Waals surface area contributed by atoms with Crippen LogP contribution in [0.25, 0.3) is 0 Å². The van der Waals surface area contributed by atoms with Crippen LogP contribution in [0.5, 0.6) is 0 Å². The summed E-state index contributed by atoms with van der Waals surface area (Å²) in [5, 5.41) is 10.2. The maximum Gasteiger partial charge on any atom is 0.0577 e. The lowest BCUT2D eigenvalue weighted by Gasteiger charge is -2.58. The molecule has 0 bridgehead atoms. The molecule has 0 unspecified atom stereocenters. The third-order valence-corrected chi connectivity index (χ3v) is 10.0. The highest BCUT2D eigenvalue weighted by Crippen LogP contribution is 2.67. The molecule has 1 heteroatoms. The van der Waals surface area contributed by atoms with Crippen LogP contribution in [0.2, 0.25) is 0 Å². The van der Waals surface area contributed by atoms with Crippen molar-refractivity contribution in [2.45, 2.75) is 105 Å². The Labute approximate surface area is 168 Å². The summed E-state index contributed by atoms with van der Waals surface area (Å²) in [6, 6.07) is 0. The lowest BCUT2D eigenvalue weighted by molar-refractivity contribution is -0.0574. The third-order valence-electron chi connectivity index (χ3n) is 10.0. The van der Waals surface area contributed by atoms with Crippen molar-refractivity contribution in [1.82, 2.24) is 0 Å². The summed E-state index contributed by atoms with van der Waals surface area (Å²) in [4.78, 5) is 0. The zero-order valence-electron chi connectivity index (χ0n) is 18.6. The summed E-state index contributed by atoms with van der Waals surface area (Å²) < 4.78 is 0. The minimum absolute atomic E-state index is 0.0765. The van der Waals surface area contributed by atoms with Gasteiger partial charge in [-0.15, -0.1) is 0 Å².